The predicted octanol–water partition coefficient (Wildman–Crippen LogP) is 2.80. The first-order valence-corrected chi connectivity index (χ1v) is 6.89. The Morgan fingerprint density at radius 3 is 2.89 bits per heavy atom. The van der Waals surface area contributed by atoms with Crippen molar-refractivity contribution in [3.05, 3.63) is 23.4 Å². The summed E-state index contributed by atoms with van der Waals surface area (Å²) in [7, 11) is 1.80. The first-order chi connectivity index (χ1) is 8.61. The fraction of sp³-hybridized carbons (Fsp3) is 0.667. The lowest BCUT2D eigenvalue weighted by Crippen LogP contribution is -2.57. The molecule has 1 N–H and O–H groups in total. The molecule has 0 bridgehead atoms. The Kier molecular flexibility index (Phi) is 2.81. The highest BCUT2D eigenvalue weighted by atomic mass is 16.5. The highest BCUT2D eigenvalue weighted by molar-refractivity contribution is 5.42. The molecule has 0 amide bonds. The predicted molar refractivity (Wildman–Crippen MR) is 72.9 cm³/mol. The normalized spacial score (nSPS) is 28.6. The summed E-state index contributed by atoms with van der Waals surface area (Å²) in [5.41, 5.74) is 2.92. The van der Waals surface area contributed by atoms with Crippen molar-refractivity contribution in [2.45, 2.75) is 51.7 Å². The molecule has 0 saturated heterocycles. The van der Waals surface area contributed by atoms with Crippen LogP contribution in [0, 0.1) is 5.41 Å². The minimum atomic E-state index is 0.190. The second-order valence-electron chi connectivity index (χ2n) is 6.13. The highest BCUT2D eigenvalue weighted by Gasteiger charge is 2.48. The molecule has 3 rings (SSSR count). The summed E-state index contributed by atoms with van der Waals surface area (Å²) in [4.78, 5) is 4.74. The van der Waals surface area contributed by atoms with Gasteiger partial charge in [-0.3, -0.25) is 0 Å². The second kappa shape index (κ2) is 4.23. The molecular weight excluding hydrogens is 224 g/mol. The van der Waals surface area contributed by atoms with Crippen LogP contribution in [0.5, 0.6) is 0 Å². The van der Waals surface area contributed by atoms with E-state index in [1.807, 2.05) is 0 Å². The van der Waals surface area contributed by atoms with Gasteiger partial charge in [-0.05, 0) is 37.3 Å². The number of fused-ring (bicyclic) bond motifs is 1. The number of aryl methyl sites for hydroxylation is 2. The Labute approximate surface area is 109 Å². The third-order valence-electron chi connectivity index (χ3n) is 4.71. The van der Waals surface area contributed by atoms with E-state index in [-0.39, 0.29) is 5.41 Å². The molecule has 1 fully saturated rings. The highest BCUT2D eigenvalue weighted by Crippen LogP contribution is 2.43. The maximum Gasteiger partial charge on any atom is 0.126 e. The quantitative estimate of drug-likeness (QED) is 0.890. The van der Waals surface area contributed by atoms with Gasteiger partial charge in [-0.2, -0.15) is 0 Å². The third kappa shape index (κ3) is 1.81. The lowest BCUT2D eigenvalue weighted by molar-refractivity contribution is -0.0795. The van der Waals surface area contributed by atoms with Crippen molar-refractivity contribution in [1.29, 1.82) is 0 Å². The number of hydrogen-bond donors (Lipinski definition) is 1. The molecule has 1 aromatic heterocycles. The fourth-order valence-corrected chi connectivity index (χ4v) is 3.21. The van der Waals surface area contributed by atoms with E-state index >= 15 is 0 Å². The number of pyridine rings is 1. The number of nitrogens with zero attached hydrogens (tertiary/aromatic N) is 1. The van der Waals surface area contributed by atoms with Crippen LogP contribution >= 0.6 is 0 Å². The summed E-state index contributed by atoms with van der Waals surface area (Å²) in [6.07, 6.45) is 5.03. The van der Waals surface area contributed by atoms with E-state index in [1.165, 1.54) is 24.1 Å². The topological polar surface area (TPSA) is 34.1 Å². The number of rotatable bonds is 3. The van der Waals surface area contributed by atoms with Crippen LogP contribution in [0.3, 0.4) is 0 Å². The van der Waals surface area contributed by atoms with Crippen LogP contribution in [0.15, 0.2) is 12.1 Å². The van der Waals surface area contributed by atoms with Gasteiger partial charge in [0.2, 0.25) is 0 Å². The van der Waals surface area contributed by atoms with E-state index in [9.17, 15) is 0 Å². The van der Waals surface area contributed by atoms with Crippen molar-refractivity contribution in [2.24, 2.45) is 5.41 Å². The molecule has 1 aromatic rings. The SMILES string of the molecule is COC1CC(Nc2ccc3c(n2)CCC3)C1(C)C. The summed E-state index contributed by atoms with van der Waals surface area (Å²) in [5, 5.41) is 3.57. The van der Waals surface area contributed by atoms with Gasteiger partial charge in [0.15, 0.2) is 0 Å². The van der Waals surface area contributed by atoms with E-state index in [1.54, 1.807) is 7.11 Å². The van der Waals surface area contributed by atoms with Crippen LogP contribution in [-0.4, -0.2) is 24.2 Å². The van der Waals surface area contributed by atoms with E-state index in [2.05, 4.69) is 31.3 Å². The van der Waals surface area contributed by atoms with Crippen LogP contribution < -0.4 is 5.32 Å². The first-order valence-electron chi connectivity index (χ1n) is 6.89. The largest absolute Gasteiger partial charge is 0.381 e. The average Bonchev–Trinajstić information content (AvgIpc) is 2.81. The number of ether oxygens (including phenoxy) is 1. The molecule has 0 radical (unpaired) electrons. The van der Waals surface area contributed by atoms with Gasteiger partial charge in [-0.15, -0.1) is 0 Å². The fourth-order valence-electron chi connectivity index (χ4n) is 3.21. The minimum absolute atomic E-state index is 0.190. The molecule has 0 spiro atoms. The van der Waals surface area contributed by atoms with Crippen molar-refractivity contribution < 1.29 is 4.74 Å². The van der Waals surface area contributed by atoms with Crippen LogP contribution in [0.4, 0.5) is 5.82 Å². The zero-order valence-electron chi connectivity index (χ0n) is 11.5. The molecule has 3 heteroatoms. The van der Waals surface area contributed by atoms with Gasteiger partial charge in [0.1, 0.15) is 5.82 Å². The molecular formula is C15H22N2O. The zero-order chi connectivity index (χ0) is 12.8. The molecule has 18 heavy (non-hydrogen) atoms. The molecule has 2 aliphatic rings. The summed E-state index contributed by atoms with van der Waals surface area (Å²) < 4.78 is 5.48. The molecule has 2 unspecified atom stereocenters. The number of methoxy groups -OCH3 is 1. The first kappa shape index (κ1) is 12.0. The summed E-state index contributed by atoms with van der Waals surface area (Å²) in [5.74, 6) is 1.03. The Balaban J connectivity index is 1.71. The number of hydrogen-bond acceptors (Lipinski definition) is 3. The third-order valence-corrected chi connectivity index (χ3v) is 4.71. The number of aromatic nitrogens is 1. The monoisotopic (exact) mass is 246 g/mol. The molecule has 0 aliphatic heterocycles. The van der Waals surface area contributed by atoms with E-state index in [4.69, 9.17) is 9.72 Å². The number of nitrogens with one attached hydrogen (secondary N) is 1. The second-order valence-corrected chi connectivity index (χ2v) is 6.13. The van der Waals surface area contributed by atoms with E-state index < -0.39 is 0 Å². The summed E-state index contributed by atoms with van der Waals surface area (Å²) in [6, 6.07) is 4.83. The number of anilines is 1. The van der Waals surface area contributed by atoms with Crippen LogP contribution in [0.1, 0.15) is 37.9 Å². The molecule has 98 valence electrons. The van der Waals surface area contributed by atoms with Crippen LogP contribution in [0.2, 0.25) is 0 Å². The summed E-state index contributed by atoms with van der Waals surface area (Å²) in [6.45, 7) is 4.52. The Bertz CT molecular complexity index is 456. The maximum atomic E-state index is 5.48. The van der Waals surface area contributed by atoms with Crippen molar-refractivity contribution in [1.82, 2.24) is 4.98 Å². The molecule has 2 aliphatic carbocycles. The maximum absolute atomic E-state index is 5.48. The van der Waals surface area contributed by atoms with Crippen molar-refractivity contribution >= 4 is 5.82 Å². The molecule has 0 aromatic carbocycles. The van der Waals surface area contributed by atoms with Crippen molar-refractivity contribution in [2.75, 3.05) is 12.4 Å². The molecule has 2 atom stereocenters. The standard InChI is InChI=1S/C15H22N2O/c1-15(2)12(9-13(15)18-3)17-14-8-7-10-5-4-6-11(10)16-14/h7-8,12-13H,4-6,9H2,1-3H3,(H,16,17). The Morgan fingerprint density at radius 2 is 2.17 bits per heavy atom. The smallest absolute Gasteiger partial charge is 0.126 e. The van der Waals surface area contributed by atoms with E-state index in [0.717, 1.165) is 18.7 Å². The van der Waals surface area contributed by atoms with Gasteiger partial charge >= 0.3 is 0 Å². The Hall–Kier alpha value is -1.09. The average molecular weight is 246 g/mol. The van der Waals surface area contributed by atoms with Crippen LogP contribution in [0.25, 0.3) is 0 Å². The minimum Gasteiger partial charge on any atom is -0.381 e. The molecule has 1 saturated carbocycles. The van der Waals surface area contributed by atoms with Gasteiger partial charge in [0.25, 0.3) is 0 Å². The lowest BCUT2D eigenvalue weighted by atomic mass is 9.64. The molecule has 3 nitrogen and oxygen atoms in total. The van der Waals surface area contributed by atoms with Gasteiger partial charge in [-0.25, -0.2) is 4.98 Å². The van der Waals surface area contributed by atoms with Crippen molar-refractivity contribution in [3.63, 3.8) is 0 Å². The zero-order valence-corrected chi connectivity index (χ0v) is 11.5. The van der Waals surface area contributed by atoms with Gasteiger partial charge in [-0.1, -0.05) is 19.9 Å². The molecule has 1 heterocycles. The van der Waals surface area contributed by atoms with Gasteiger partial charge < -0.3 is 10.1 Å². The van der Waals surface area contributed by atoms with E-state index in [0.29, 0.717) is 12.1 Å². The van der Waals surface area contributed by atoms with Crippen molar-refractivity contribution in [3.8, 4) is 0 Å². The Morgan fingerprint density at radius 1 is 1.33 bits per heavy atom. The van der Waals surface area contributed by atoms with Crippen LogP contribution in [-0.2, 0) is 17.6 Å². The van der Waals surface area contributed by atoms with Gasteiger partial charge in [0, 0.05) is 24.3 Å². The van der Waals surface area contributed by atoms with Gasteiger partial charge in [0.05, 0.1) is 6.10 Å². The summed E-state index contributed by atoms with van der Waals surface area (Å²) >= 11 is 0. The lowest BCUT2D eigenvalue weighted by Gasteiger charge is -2.51.